The average Bonchev–Trinajstić information content (AvgIpc) is 3.13. The first kappa shape index (κ1) is 18.1. The highest BCUT2D eigenvalue weighted by atomic mass is 32.2. The molecule has 2 aromatic carbocycles. The Bertz CT molecular complexity index is 974. The van der Waals surface area contributed by atoms with Gasteiger partial charge in [0.15, 0.2) is 5.16 Å². The second-order valence-corrected chi connectivity index (χ2v) is 7.91. The average molecular weight is 389 g/mol. The number of primary sulfonamides is 1. The number of hydrogen-bond acceptors (Lipinski definition) is 6. The summed E-state index contributed by atoms with van der Waals surface area (Å²) in [5, 5.41) is 14.3. The summed E-state index contributed by atoms with van der Waals surface area (Å²) in [4.78, 5) is 16.8. The second kappa shape index (κ2) is 7.68. The first-order valence-corrected chi connectivity index (χ1v) is 9.87. The lowest BCUT2D eigenvalue weighted by molar-refractivity contribution is -0.115. The molecule has 0 bridgehead atoms. The maximum atomic E-state index is 12.8. The molecule has 1 heterocycles. The molecule has 0 fully saturated rings. The van der Waals surface area contributed by atoms with Crippen LogP contribution in [0.1, 0.15) is 10.8 Å². The zero-order chi connectivity index (χ0) is 18.6. The summed E-state index contributed by atoms with van der Waals surface area (Å²) in [5.74, 6) is -0.277. The fraction of sp³-hybridized carbons (Fsp3) is 0.0625. The fourth-order valence-electron chi connectivity index (χ4n) is 2.20. The van der Waals surface area contributed by atoms with Gasteiger partial charge in [0.1, 0.15) is 11.6 Å². The molecule has 0 aliphatic rings. The third-order valence-electron chi connectivity index (χ3n) is 3.41. The van der Waals surface area contributed by atoms with Crippen molar-refractivity contribution in [2.45, 2.75) is 15.3 Å². The Morgan fingerprint density at radius 1 is 1.12 bits per heavy atom. The minimum Gasteiger partial charge on any atom is -0.325 e. The highest BCUT2D eigenvalue weighted by Crippen LogP contribution is 2.34. The number of amides is 1. The van der Waals surface area contributed by atoms with E-state index in [1.807, 2.05) is 30.3 Å². The number of hydrogen-bond donors (Lipinski definition) is 3. The lowest BCUT2D eigenvalue weighted by Gasteiger charge is -2.15. The summed E-state index contributed by atoms with van der Waals surface area (Å²) in [6.45, 7) is 0. The van der Waals surface area contributed by atoms with Gasteiger partial charge < -0.3 is 5.32 Å². The van der Waals surface area contributed by atoms with Gasteiger partial charge in [-0.2, -0.15) is 5.10 Å². The van der Waals surface area contributed by atoms with Crippen LogP contribution in [0, 0.1) is 0 Å². The Morgan fingerprint density at radius 2 is 1.81 bits per heavy atom. The quantitative estimate of drug-likeness (QED) is 0.552. The van der Waals surface area contributed by atoms with Crippen molar-refractivity contribution in [2.24, 2.45) is 5.14 Å². The lowest BCUT2D eigenvalue weighted by Crippen LogP contribution is -2.19. The van der Waals surface area contributed by atoms with Crippen molar-refractivity contribution in [3.05, 3.63) is 66.5 Å². The zero-order valence-electron chi connectivity index (χ0n) is 13.4. The predicted molar refractivity (Wildman–Crippen MR) is 97.9 cm³/mol. The number of H-pyrrole nitrogens is 1. The van der Waals surface area contributed by atoms with Gasteiger partial charge >= 0.3 is 0 Å². The predicted octanol–water partition coefficient (Wildman–Crippen LogP) is 1.92. The fourth-order valence-corrected chi connectivity index (χ4v) is 3.61. The first-order valence-electron chi connectivity index (χ1n) is 7.44. The molecule has 0 aliphatic carbocycles. The van der Waals surface area contributed by atoms with Gasteiger partial charge in [-0.3, -0.25) is 9.89 Å². The van der Waals surface area contributed by atoms with Crippen LogP contribution in [-0.2, 0) is 14.8 Å². The highest BCUT2D eigenvalue weighted by Gasteiger charge is 2.23. The van der Waals surface area contributed by atoms with Gasteiger partial charge in [0.2, 0.25) is 15.9 Å². The van der Waals surface area contributed by atoms with Gasteiger partial charge in [0.25, 0.3) is 0 Å². The van der Waals surface area contributed by atoms with Crippen LogP contribution in [0.25, 0.3) is 0 Å². The number of nitrogens with zero attached hydrogens (tertiary/aromatic N) is 2. The number of aromatic amines is 1. The number of nitrogens with two attached hydrogens (primary N) is 1. The van der Waals surface area contributed by atoms with Crippen LogP contribution < -0.4 is 10.5 Å². The van der Waals surface area contributed by atoms with Crippen LogP contribution in [0.3, 0.4) is 0 Å². The lowest BCUT2D eigenvalue weighted by atomic mass is 10.1. The van der Waals surface area contributed by atoms with Crippen LogP contribution >= 0.6 is 11.8 Å². The van der Waals surface area contributed by atoms with E-state index >= 15 is 0 Å². The molecule has 0 radical (unpaired) electrons. The van der Waals surface area contributed by atoms with E-state index in [9.17, 15) is 13.2 Å². The monoisotopic (exact) mass is 389 g/mol. The Hall–Kier alpha value is -2.69. The number of anilines is 1. The molecule has 3 rings (SSSR count). The maximum absolute atomic E-state index is 12.8. The summed E-state index contributed by atoms with van der Waals surface area (Å²) in [5.41, 5.74) is 1.26. The standard InChI is InChI=1S/C16H15N5O3S2/c17-26(23,24)13-8-6-12(7-9-13)20-15(22)14(11-4-2-1-3-5-11)25-16-18-10-19-21-16/h1-10,14H,(H,20,22)(H2,17,23,24)(H,18,19,21)/t14-/m0/s1. The number of benzene rings is 2. The van der Waals surface area contributed by atoms with Gasteiger partial charge in [-0.1, -0.05) is 42.1 Å². The van der Waals surface area contributed by atoms with E-state index in [2.05, 4.69) is 20.5 Å². The van der Waals surface area contributed by atoms with Crippen molar-refractivity contribution in [1.29, 1.82) is 0 Å². The topological polar surface area (TPSA) is 131 Å². The van der Waals surface area contributed by atoms with E-state index in [0.29, 0.717) is 10.8 Å². The number of nitrogens with one attached hydrogen (secondary N) is 2. The smallest absolute Gasteiger partial charge is 0.242 e. The number of carbonyl (C=O) groups is 1. The molecule has 26 heavy (non-hydrogen) atoms. The van der Waals surface area contributed by atoms with Crippen molar-refractivity contribution in [3.63, 3.8) is 0 Å². The molecule has 1 atom stereocenters. The third kappa shape index (κ3) is 4.48. The van der Waals surface area contributed by atoms with E-state index in [0.717, 1.165) is 5.56 Å². The van der Waals surface area contributed by atoms with Crippen molar-refractivity contribution in [3.8, 4) is 0 Å². The molecule has 0 spiro atoms. The normalized spacial score (nSPS) is 12.5. The van der Waals surface area contributed by atoms with Crippen LogP contribution in [0.4, 0.5) is 5.69 Å². The molecular weight excluding hydrogens is 374 g/mol. The van der Waals surface area contributed by atoms with Crippen LogP contribution in [0.15, 0.2) is 71.0 Å². The zero-order valence-corrected chi connectivity index (χ0v) is 15.0. The molecule has 1 amide bonds. The molecular formula is C16H15N5O3S2. The molecule has 134 valence electrons. The summed E-state index contributed by atoms with van der Waals surface area (Å²) >= 11 is 1.23. The Kier molecular flexibility index (Phi) is 5.35. The van der Waals surface area contributed by atoms with E-state index in [1.165, 1.54) is 42.4 Å². The van der Waals surface area contributed by atoms with E-state index < -0.39 is 15.3 Å². The summed E-state index contributed by atoms with van der Waals surface area (Å²) in [7, 11) is -3.78. The number of thioether (sulfide) groups is 1. The molecule has 10 heteroatoms. The summed E-state index contributed by atoms with van der Waals surface area (Å²) in [6, 6.07) is 14.9. The first-order chi connectivity index (χ1) is 12.4. The SMILES string of the molecule is NS(=O)(=O)c1ccc(NC(=O)[C@@H](Sc2ncn[nH]2)c2ccccc2)cc1. The molecule has 8 nitrogen and oxygen atoms in total. The van der Waals surface area contributed by atoms with Gasteiger partial charge in [-0.15, -0.1) is 0 Å². The summed E-state index contributed by atoms with van der Waals surface area (Å²) in [6.07, 6.45) is 1.37. The van der Waals surface area contributed by atoms with E-state index in [-0.39, 0.29) is 10.8 Å². The van der Waals surface area contributed by atoms with E-state index in [4.69, 9.17) is 5.14 Å². The maximum Gasteiger partial charge on any atom is 0.242 e. The Labute approximate surface area is 154 Å². The summed E-state index contributed by atoms with van der Waals surface area (Å²) < 4.78 is 22.6. The Balaban J connectivity index is 1.81. The number of sulfonamides is 1. The molecule has 0 saturated heterocycles. The van der Waals surface area contributed by atoms with E-state index in [1.54, 1.807) is 0 Å². The second-order valence-electron chi connectivity index (χ2n) is 5.26. The molecule has 4 N–H and O–H groups in total. The molecule has 0 saturated carbocycles. The van der Waals surface area contributed by atoms with Crippen molar-refractivity contribution < 1.29 is 13.2 Å². The van der Waals surface area contributed by atoms with Crippen molar-refractivity contribution in [1.82, 2.24) is 15.2 Å². The van der Waals surface area contributed by atoms with Crippen molar-refractivity contribution >= 4 is 33.4 Å². The van der Waals surface area contributed by atoms with Crippen LogP contribution in [0.5, 0.6) is 0 Å². The van der Waals surface area contributed by atoms with Crippen LogP contribution in [0.2, 0.25) is 0 Å². The number of aromatic nitrogens is 3. The molecule has 0 aliphatic heterocycles. The molecule has 3 aromatic rings. The number of rotatable bonds is 6. The molecule has 1 aromatic heterocycles. The highest BCUT2D eigenvalue weighted by molar-refractivity contribution is 8.00. The van der Waals surface area contributed by atoms with Gasteiger partial charge in [0.05, 0.1) is 4.90 Å². The van der Waals surface area contributed by atoms with Gasteiger partial charge in [0, 0.05) is 5.69 Å². The minimum atomic E-state index is -3.78. The largest absolute Gasteiger partial charge is 0.325 e. The molecule has 0 unspecified atom stereocenters. The number of carbonyl (C=O) groups excluding carboxylic acids is 1. The third-order valence-corrected chi connectivity index (χ3v) is 5.48. The van der Waals surface area contributed by atoms with Gasteiger partial charge in [-0.05, 0) is 29.8 Å². The van der Waals surface area contributed by atoms with Crippen molar-refractivity contribution in [2.75, 3.05) is 5.32 Å². The van der Waals surface area contributed by atoms with Crippen LogP contribution in [-0.4, -0.2) is 29.5 Å². The Morgan fingerprint density at radius 3 is 2.38 bits per heavy atom. The van der Waals surface area contributed by atoms with Gasteiger partial charge in [-0.25, -0.2) is 18.5 Å². The minimum absolute atomic E-state index is 0.0221.